The van der Waals surface area contributed by atoms with Gasteiger partial charge in [-0.25, -0.2) is 4.99 Å². The Morgan fingerprint density at radius 1 is 1.23 bits per heavy atom. The minimum atomic E-state index is 0. The van der Waals surface area contributed by atoms with E-state index in [1.165, 1.54) is 43.4 Å². The molecule has 26 heavy (non-hydrogen) atoms. The first kappa shape index (κ1) is 23.0. The first-order valence-electron chi connectivity index (χ1n) is 9.64. The van der Waals surface area contributed by atoms with Gasteiger partial charge in [0.15, 0.2) is 5.96 Å². The largest absolute Gasteiger partial charge is 0.382 e. The summed E-state index contributed by atoms with van der Waals surface area (Å²) in [6.07, 6.45) is 7.67. The van der Waals surface area contributed by atoms with Crippen molar-refractivity contribution in [3.8, 4) is 0 Å². The number of rotatable bonds is 9. The standard InChI is InChI=1S/C20H34N4O.HI/c1-3-25-15-7-14-22-20(21)23-16-17-10-12-19(13-11-17)24(2)18-8-5-4-6-9-18;/h10-13,18H,3-9,14-16H2,1-2H3,(H3,21,22,23);1H. The van der Waals surface area contributed by atoms with Gasteiger partial charge in [-0.15, -0.1) is 24.0 Å². The van der Waals surface area contributed by atoms with Gasteiger partial charge in [0.2, 0.25) is 0 Å². The van der Waals surface area contributed by atoms with Crippen molar-refractivity contribution < 1.29 is 4.74 Å². The van der Waals surface area contributed by atoms with Crippen LogP contribution in [-0.4, -0.2) is 38.8 Å². The monoisotopic (exact) mass is 474 g/mol. The highest BCUT2D eigenvalue weighted by molar-refractivity contribution is 14.0. The summed E-state index contributed by atoms with van der Waals surface area (Å²) < 4.78 is 5.29. The number of anilines is 1. The van der Waals surface area contributed by atoms with Crippen molar-refractivity contribution in [3.63, 3.8) is 0 Å². The molecule has 0 aliphatic heterocycles. The molecule has 3 N–H and O–H groups in total. The Labute approximate surface area is 175 Å². The Hall–Kier alpha value is -1.02. The van der Waals surface area contributed by atoms with Gasteiger partial charge in [0, 0.05) is 38.5 Å². The van der Waals surface area contributed by atoms with Gasteiger partial charge in [-0.05, 0) is 43.9 Å². The molecule has 148 valence electrons. The Bertz CT molecular complexity index is 515. The van der Waals surface area contributed by atoms with Gasteiger partial charge >= 0.3 is 0 Å². The van der Waals surface area contributed by atoms with Crippen LogP contribution in [0.1, 0.15) is 51.0 Å². The van der Waals surface area contributed by atoms with Crippen molar-refractivity contribution in [2.45, 2.75) is 58.0 Å². The van der Waals surface area contributed by atoms with Crippen LogP contribution in [0, 0.1) is 0 Å². The smallest absolute Gasteiger partial charge is 0.188 e. The maximum atomic E-state index is 5.90. The van der Waals surface area contributed by atoms with E-state index in [9.17, 15) is 0 Å². The van der Waals surface area contributed by atoms with Gasteiger partial charge in [-0.1, -0.05) is 31.4 Å². The lowest BCUT2D eigenvalue weighted by atomic mass is 9.94. The van der Waals surface area contributed by atoms with Crippen molar-refractivity contribution >= 4 is 35.6 Å². The van der Waals surface area contributed by atoms with Gasteiger partial charge in [0.05, 0.1) is 6.54 Å². The van der Waals surface area contributed by atoms with Gasteiger partial charge in [-0.2, -0.15) is 0 Å². The summed E-state index contributed by atoms with van der Waals surface area (Å²) in [5.41, 5.74) is 8.38. The highest BCUT2D eigenvalue weighted by Crippen LogP contribution is 2.26. The fraction of sp³-hybridized carbons (Fsp3) is 0.650. The van der Waals surface area contributed by atoms with E-state index in [1.807, 2.05) is 6.92 Å². The number of halogens is 1. The zero-order chi connectivity index (χ0) is 17.9. The summed E-state index contributed by atoms with van der Waals surface area (Å²) in [6, 6.07) is 9.39. The third kappa shape index (κ3) is 8.12. The normalized spacial score (nSPS) is 15.4. The van der Waals surface area contributed by atoms with Crippen LogP contribution in [0.2, 0.25) is 0 Å². The molecular weight excluding hydrogens is 439 g/mol. The summed E-state index contributed by atoms with van der Waals surface area (Å²) in [5, 5.41) is 3.12. The molecule has 0 bridgehead atoms. The van der Waals surface area contributed by atoms with Gasteiger partial charge in [-0.3, -0.25) is 0 Å². The number of guanidine groups is 1. The van der Waals surface area contributed by atoms with E-state index in [0.29, 0.717) is 18.5 Å². The lowest BCUT2D eigenvalue weighted by Crippen LogP contribution is -2.33. The first-order valence-corrected chi connectivity index (χ1v) is 9.64. The molecule has 1 aliphatic carbocycles. The molecule has 0 atom stereocenters. The van der Waals surface area contributed by atoms with Crippen LogP contribution in [0.15, 0.2) is 29.3 Å². The van der Waals surface area contributed by atoms with Crippen LogP contribution in [0.3, 0.4) is 0 Å². The molecule has 1 saturated carbocycles. The molecule has 1 fully saturated rings. The predicted molar refractivity (Wildman–Crippen MR) is 122 cm³/mol. The average Bonchev–Trinajstić information content (AvgIpc) is 2.67. The number of ether oxygens (including phenoxy) is 1. The number of hydrogen-bond acceptors (Lipinski definition) is 3. The second kappa shape index (κ2) is 13.2. The molecule has 0 unspecified atom stereocenters. The molecule has 0 spiro atoms. The number of hydrogen-bond donors (Lipinski definition) is 2. The van der Waals surface area contributed by atoms with Crippen molar-refractivity contribution in [1.82, 2.24) is 5.32 Å². The second-order valence-corrected chi connectivity index (χ2v) is 6.75. The topological polar surface area (TPSA) is 62.9 Å². The molecule has 0 aromatic heterocycles. The maximum absolute atomic E-state index is 5.90. The Morgan fingerprint density at radius 2 is 1.92 bits per heavy atom. The molecule has 0 saturated heterocycles. The second-order valence-electron chi connectivity index (χ2n) is 6.75. The fourth-order valence-electron chi connectivity index (χ4n) is 3.28. The number of aliphatic imine (C=N–C) groups is 1. The summed E-state index contributed by atoms with van der Waals surface area (Å²) in [6.45, 7) is 4.92. The molecule has 5 nitrogen and oxygen atoms in total. The third-order valence-electron chi connectivity index (χ3n) is 4.87. The first-order chi connectivity index (χ1) is 12.2. The summed E-state index contributed by atoms with van der Waals surface area (Å²) in [4.78, 5) is 6.84. The van der Waals surface area contributed by atoms with Gasteiger partial charge < -0.3 is 20.7 Å². The Morgan fingerprint density at radius 3 is 2.58 bits per heavy atom. The molecule has 6 heteroatoms. The minimum Gasteiger partial charge on any atom is -0.382 e. The van der Waals surface area contributed by atoms with E-state index in [1.54, 1.807) is 0 Å². The summed E-state index contributed by atoms with van der Waals surface area (Å²) in [5.74, 6) is 0.500. The van der Waals surface area contributed by atoms with E-state index in [4.69, 9.17) is 10.5 Å². The zero-order valence-corrected chi connectivity index (χ0v) is 18.6. The van der Waals surface area contributed by atoms with Crippen molar-refractivity contribution in [2.24, 2.45) is 10.7 Å². The lowest BCUT2D eigenvalue weighted by molar-refractivity contribution is 0.145. The summed E-state index contributed by atoms with van der Waals surface area (Å²) in [7, 11) is 2.22. The van der Waals surface area contributed by atoms with E-state index in [0.717, 1.165) is 26.2 Å². The molecule has 1 aromatic carbocycles. The van der Waals surface area contributed by atoms with Crippen LogP contribution in [-0.2, 0) is 11.3 Å². The van der Waals surface area contributed by atoms with Crippen molar-refractivity contribution in [2.75, 3.05) is 31.7 Å². The van der Waals surface area contributed by atoms with Crippen molar-refractivity contribution in [3.05, 3.63) is 29.8 Å². The van der Waals surface area contributed by atoms with Crippen LogP contribution in [0.25, 0.3) is 0 Å². The Kier molecular flexibility index (Phi) is 11.7. The fourth-order valence-corrected chi connectivity index (χ4v) is 3.28. The minimum absolute atomic E-state index is 0. The zero-order valence-electron chi connectivity index (χ0n) is 16.2. The molecule has 0 heterocycles. The molecule has 1 aromatic rings. The van der Waals surface area contributed by atoms with Gasteiger partial charge in [0.25, 0.3) is 0 Å². The SMILES string of the molecule is CCOCCCNC(N)=NCc1ccc(N(C)C2CCCCC2)cc1.I. The number of nitrogens with two attached hydrogens (primary N) is 1. The van der Waals surface area contributed by atoms with E-state index in [2.05, 4.69) is 46.5 Å². The Balaban J connectivity index is 0.00000338. The average molecular weight is 474 g/mol. The predicted octanol–water partition coefficient (Wildman–Crippen LogP) is 3.90. The van der Waals surface area contributed by atoms with Crippen LogP contribution in [0.5, 0.6) is 0 Å². The lowest BCUT2D eigenvalue weighted by Gasteiger charge is -2.33. The van der Waals surface area contributed by atoms with E-state index >= 15 is 0 Å². The maximum Gasteiger partial charge on any atom is 0.188 e. The number of nitrogens with one attached hydrogen (secondary N) is 1. The molecular formula is C20H35IN4O. The van der Waals surface area contributed by atoms with E-state index in [-0.39, 0.29) is 24.0 Å². The molecule has 1 aliphatic rings. The number of nitrogens with zero attached hydrogens (tertiary/aromatic N) is 2. The summed E-state index contributed by atoms with van der Waals surface area (Å²) >= 11 is 0. The number of benzene rings is 1. The molecule has 2 rings (SSSR count). The van der Waals surface area contributed by atoms with Crippen molar-refractivity contribution in [1.29, 1.82) is 0 Å². The van der Waals surface area contributed by atoms with Gasteiger partial charge in [0.1, 0.15) is 0 Å². The quantitative estimate of drug-likeness (QED) is 0.247. The van der Waals surface area contributed by atoms with Crippen LogP contribution < -0.4 is 16.0 Å². The molecule has 0 radical (unpaired) electrons. The highest BCUT2D eigenvalue weighted by Gasteiger charge is 2.18. The third-order valence-corrected chi connectivity index (χ3v) is 4.87. The van der Waals surface area contributed by atoms with Crippen LogP contribution in [0.4, 0.5) is 5.69 Å². The van der Waals surface area contributed by atoms with Crippen LogP contribution >= 0.6 is 24.0 Å². The molecule has 0 amide bonds. The highest BCUT2D eigenvalue weighted by atomic mass is 127. The van der Waals surface area contributed by atoms with E-state index < -0.39 is 0 Å².